The molecular weight excluding hydrogens is 453 g/mol. The summed E-state index contributed by atoms with van der Waals surface area (Å²) in [5, 5.41) is 6.37. The highest BCUT2D eigenvalue weighted by atomic mass is 35.5. The first-order chi connectivity index (χ1) is 15.7. The number of likely N-dealkylation sites (N-methyl/N-ethyl adjacent to an activating group) is 1. The average molecular weight is 481 g/mol. The van der Waals surface area contributed by atoms with Crippen LogP contribution in [0.15, 0.2) is 37.1 Å². The van der Waals surface area contributed by atoms with Crippen molar-refractivity contribution < 1.29 is 13.2 Å². The maximum absolute atomic E-state index is 13.9. The van der Waals surface area contributed by atoms with Gasteiger partial charge in [-0.15, -0.1) is 6.58 Å². The van der Waals surface area contributed by atoms with Gasteiger partial charge in [-0.2, -0.15) is 18.2 Å². The minimum absolute atomic E-state index is 0.0490. The van der Waals surface area contributed by atoms with Crippen molar-refractivity contribution in [3.05, 3.63) is 47.6 Å². The van der Waals surface area contributed by atoms with Gasteiger partial charge in [0.15, 0.2) is 5.82 Å². The van der Waals surface area contributed by atoms with Gasteiger partial charge in [-0.3, -0.25) is 0 Å². The van der Waals surface area contributed by atoms with Gasteiger partial charge in [0.25, 0.3) is 0 Å². The fourth-order valence-electron chi connectivity index (χ4n) is 4.41. The standard InChI is InChI=1S/C23H28ClF3N6/c1-3-15-5-4-6-19(15)29-21-18(24)14-28-22(31-21)30-20-8-7-16(13-17(20)23(25,26)27)33-11-9-32(2)10-12-33/h3,7-8,13-15,19H,1,4-6,9-12H2,2H3,(H2,28,29,30,31). The average Bonchev–Trinajstić information content (AvgIpc) is 3.23. The summed E-state index contributed by atoms with van der Waals surface area (Å²) in [7, 11) is 2.00. The number of aromatic nitrogens is 2. The van der Waals surface area contributed by atoms with Crippen molar-refractivity contribution in [2.24, 2.45) is 5.92 Å². The molecule has 2 fully saturated rings. The molecule has 1 saturated heterocycles. The first-order valence-electron chi connectivity index (χ1n) is 11.1. The number of anilines is 4. The van der Waals surface area contributed by atoms with Gasteiger partial charge >= 0.3 is 6.18 Å². The number of nitrogens with one attached hydrogen (secondary N) is 2. The Morgan fingerprint density at radius 1 is 1.18 bits per heavy atom. The molecule has 0 bridgehead atoms. The molecule has 1 aromatic heterocycles. The summed E-state index contributed by atoms with van der Waals surface area (Å²) in [5.41, 5.74) is -0.301. The predicted octanol–water partition coefficient (Wildman–Crippen LogP) is 5.41. The summed E-state index contributed by atoms with van der Waals surface area (Å²) in [6, 6.07) is 4.46. The minimum Gasteiger partial charge on any atom is -0.369 e. The van der Waals surface area contributed by atoms with Crippen LogP contribution in [0, 0.1) is 5.92 Å². The molecule has 2 N–H and O–H groups in total. The van der Waals surface area contributed by atoms with E-state index < -0.39 is 11.7 Å². The lowest BCUT2D eigenvalue weighted by atomic mass is 10.0. The zero-order chi connectivity index (χ0) is 23.6. The molecule has 2 heterocycles. The van der Waals surface area contributed by atoms with E-state index in [1.54, 1.807) is 6.07 Å². The lowest BCUT2D eigenvalue weighted by Crippen LogP contribution is -2.44. The van der Waals surface area contributed by atoms with Crippen molar-refractivity contribution in [1.82, 2.24) is 14.9 Å². The van der Waals surface area contributed by atoms with E-state index in [0.29, 0.717) is 35.5 Å². The number of rotatable bonds is 6. The molecule has 1 aromatic carbocycles. The van der Waals surface area contributed by atoms with Gasteiger partial charge in [0, 0.05) is 37.9 Å². The SMILES string of the molecule is C=CC1CCCC1Nc1nc(Nc2ccc(N3CCN(C)CC3)cc2C(F)(F)F)ncc1Cl. The van der Waals surface area contributed by atoms with Crippen molar-refractivity contribution in [2.45, 2.75) is 31.5 Å². The maximum Gasteiger partial charge on any atom is 0.418 e. The van der Waals surface area contributed by atoms with Gasteiger partial charge < -0.3 is 20.4 Å². The van der Waals surface area contributed by atoms with Gasteiger partial charge in [-0.05, 0) is 44.0 Å². The molecule has 178 valence electrons. The Balaban J connectivity index is 1.57. The van der Waals surface area contributed by atoms with Crippen molar-refractivity contribution in [3.63, 3.8) is 0 Å². The molecule has 0 radical (unpaired) electrons. The highest BCUT2D eigenvalue weighted by Crippen LogP contribution is 2.39. The van der Waals surface area contributed by atoms with E-state index in [-0.39, 0.29) is 17.7 Å². The summed E-state index contributed by atoms with van der Waals surface area (Å²) < 4.78 is 41.7. The van der Waals surface area contributed by atoms with Crippen LogP contribution in [-0.2, 0) is 6.18 Å². The molecule has 4 rings (SSSR count). The second kappa shape index (κ2) is 9.77. The Labute approximate surface area is 196 Å². The van der Waals surface area contributed by atoms with Crippen LogP contribution in [0.4, 0.5) is 36.3 Å². The second-order valence-corrected chi connectivity index (χ2v) is 9.02. The Morgan fingerprint density at radius 2 is 1.94 bits per heavy atom. The molecule has 10 heteroatoms. The first kappa shape index (κ1) is 23.6. The molecule has 0 spiro atoms. The van der Waals surface area contributed by atoms with E-state index in [0.717, 1.165) is 32.4 Å². The largest absolute Gasteiger partial charge is 0.418 e. The molecule has 0 amide bonds. The number of benzene rings is 1. The molecule has 2 atom stereocenters. The highest BCUT2D eigenvalue weighted by molar-refractivity contribution is 6.32. The second-order valence-electron chi connectivity index (χ2n) is 8.61. The molecule has 2 aliphatic rings. The minimum atomic E-state index is -4.53. The molecule has 6 nitrogen and oxygen atoms in total. The summed E-state index contributed by atoms with van der Waals surface area (Å²) in [6.45, 7) is 6.86. The third kappa shape index (κ3) is 5.52. The Bertz CT molecular complexity index is 991. The summed E-state index contributed by atoms with van der Waals surface area (Å²) >= 11 is 6.26. The lowest BCUT2D eigenvalue weighted by Gasteiger charge is -2.34. The van der Waals surface area contributed by atoms with Crippen molar-refractivity contribution in [2.75, 3.05) is 48.8 Å². The maximum atomic E-state index is 13.9. The van der Waals surface area contributed by atoms with E-state index in [1.807, 2.05) is 18.0 Å². The Hall–Kier alpha value is -2.52. The molecule has 2 unspecified atom stereocenters. The lowest BCUT2D eigenvalue weighted by molar-refractivity contribution is -0.136. The molecule has 1 aliphatic heterocycles. The Morgan fingerprint density at radius 3 is 2.64 bits per heavy atom. The third-order valence-electron chi connectivity index (χ3n) is 6.36. The fourth-order valence-corrected chi connectivity index (χ4v) is 4.56. The molecular formula is C23H28ClF3N6. The molecule has 2 aromatic rings. The summed E-state index contributed by atoms with van der Waals surface area (Å²) in [6.07, 6.45) is 1.82. The van der Waals surface area contributed by atoms with Crippen LogP contribution in [-0.4, -0.2) is 54.1 Å². The third-order valence-corrected chi connectivity index (χ3v) is 6.64. The van der Waals surface area contributed by atoms with Crippen LogP contribution < -0.4 is 15.5 Å². The van der Waals surface area contributed by atoms with Gasteiger partial charge in [0.1, 0.15) is 5.02 Å². The zero-order valence-corrected chi connectivity index (χ0v) is 19.3. The van der Waals surface area contributed by atoms with Crippen molar-refractivity contribution in [3.8, 4) is 0 Å². The van der Waals surface area contributed by atoms with Crippen molar-refractivity contribution in [1.29, 1.82) is 0 Å². The van der Waals surface area contributed by atoms with E-state index in [1.165, 1.54) is 18.3 Å². The van der Waals surface area contributed by atoms with Crippen LogP contribution in [0.5, 0.6) is 0 Å². The van der Waals surface area contributed by atoms with Gasteiger partial charge in [0.05, 0.1) is 17.4 Å². The molecule has 1 saturated carbocycles. The van der Waals surface area contributed by atoms with Crippen LogP contribution >= 0.6 is 11.6 Å². The topological polar surface area (TPSA) is 56.3 Å². The normalized spacial score (nSPS) is 21.8. The zero-order valence-electron chi connectivity index (χ0n) is 18.5. The number of piperazine rings is 1. The quantitative estimate of drug-likeness (QED) is 0.539. The summed E-state index contributed by atoms with van der Waals surface area (Å²) in [5.74, 6) is 0.745. The van der Waals surface area contributed by atoms with Crippen LogP contribution in [0.3, 0.4) is 0 Å². The Kier molecular flexibility index (Phi) is 6.99. The molecule has 1 aliphatic carbocycles. The van der Waals surface area contributed by atoms with E-state index >= 15 is 0 Å². The predicted molar refractivity (Wildman–Crippen MR) is 126 cm³/mol. The number of nitrogens with zero attached hydrogens (tertiary/aromatic N) is 4. The number of halogens is 4. The number of hydrogen-bond donors (Lipinski definition) is 2. The van der Waals surface area contributed by atoms with Gasteiger partial charge in [-0.25, -0.2) is 4.98 Å². The smallest absolute Gasteiger partial charge is 0.369 e. The van der Waals surface area contributed by atoms with Crippen LogP contribution in [0.25, 0.3) is 0 Å². The van der Waals surface area contributed by atoms with Crippen molar-refractivity contribution >= 4 is 34.7 Å². The van der Waals surface area contributed by atoms with E-state index in [4.69, 9.17) is 11.6 Å². The van der Waals surface area contributed by atoms with Gasteiger partial charge in [-0.1, -0.05) is 24.1 Å². The monoisotopic (exact) mass is 480 g/mol. The van der Waals surface area contributed by atoms with E-state index in [9.17, 15) is 13.2 Å². The van der Waals surface area contributed by atoms with Crippen LogP contribution in [0.2, 0.25) is 5.02 Å². The summed E-state index contributed by atoms with van der Waals surface area (Å²) in [4.78, 5) is 12.6. The number of hydrogen-bond acceptors (Lipinski definition) is 6. The fraction of sp³-hybridized carbons (Fsp3) is 0.478. The molecule has 33 heavy (non-hydrogen) atoms. The number of alkyl halides is 3. The van der Waals surface area contributed by atoms with Crippen LogP contribution in [0.1, 0.15) is 24.8 Å². The first-order valence-corrected chi connectivity index (χ1v) is 11.5. The van der Waals surface area contributed by atoms with Gasteiger partial charge in [0.2, 0.25) is 5.95 Å². The van der Waals surface area contributed by atoms with E-state index in [2.05, 4.69) is 32.1 Å². The highest BCUT2D eigenvalue weighted by Gasteiger charge is 2.35.